The molecule has 0 bridgehead atoms. The highest BCUT2D eigenvalue weighted by atomic mass is 127. The number of halogens is 1. The average molecular weight is 526 g/mol. The van der Waals surface area contributed by atoms with Crippen molar-refractivity contribution < 1.29 is 14.3 Å². The third-order valence-corrected chi connectivity index (χ3v) is 6.80. The van der Waals surface area contributed by atoms with Crippen molar-refractivity contribution in [1.29, 1.82) is 0 Å². The van der Waals surface area contributed by atoms with Crippen LogP contribution in [-0.4, -0.2) is 5.78 Å². The number of ether oxygens (including phenoxy) is 2. The molecule has 0 aliphatic heterocycles. The molecule has 4 rings (SSSR count). The molecular formula is C27H27IO3. The first-order valence-electron chi connectivity index (χ1n) is 10.9. The largest absolute Gasteiger partial charge is 0.488 e. The van der Waals surface area contributed by atoms with Crippen molar-refractivity contribution in [2.24, 2.45) is 5.92 Å². The number of hydrogen-bond donors (Lipinski definition) is 0. The van der Waals surface area contributed by atoms with E-state index in [1.807, 2.05) is 72.8 Å². The molecule has 0 unspecified atom stereocenters. The van der Waals surface area contributed by atoms with Crippen molar-refractivity contribution >= 4 is 28.4 Å². The molecule has 3 aromatic rings. The standard InChI is InChI=1S/C27H27IO3/c28-26-25(30-18-21-11-3-1-4-12-21)16-15-23(24(29)17-20-9-7-8-10-20)27(26)31-19-22-13-5-2-6-14-22/h1-6,11-16,20H,7-10,17-19H2. The second-order valence-corrected chi connectivity index (χ2v) is 9.16. The molecule has 0 radical (unpaired) electrons. The molecule has 0 N–H and O–H groups in total. The highest BCUT2D eigenvalue weighted by Crippen LogP contribution is 2.37. The summed E-state index contributed by atoms with van der Waals surface area (Å²) in [6.45, 7) is 0.896. The van der Waals surface area contributed by atoms with Gasteiger partial charge in [-0.1, -0.05) is 86.3 Å². The zero-order valence-electron chi connectivity index (χ0n) is 17.6. The van der Waals surface area contributed by atoms with Gasteiger partial charge in [0.2, 0.25) is 0 Å². The monoisotopic (exact) mass is 526 g/mol. The Morgan fingerprint density at radius 1 is 0.806 bits per heavy atom. The molecule has 3 aromatic carbocycles. The maximum atomic E-state index is 13.2. The molecule has 1 aliphatic carbocycles. The summed E-state index contributed by atoms with van der Waals surface area (Å²) in [5, 5.41) is 0. The van der Waals surface area contributed by atoms with Crippen LogP contribution in [0.15, 0.2) is 72.8 Å². The molecule has 0 aromatic heterocycles. The van der Waals surface area contributed by atoms with E-state index in [1.165, 1.54) is 12.8 Å². The summed E-state index contributed by atoms with van der Waals surface area (Å²) >= 11 is 2.25. The van der Waals surface area contributed by atoms with Gasteiger partial charge in [0.25, 0.3) is 0 Å². The van der Waals surface area contributed by atoms with Crippen LogP contribution in [0.25, 0.3) is 0 Å². The van der Waals surface area contributed by atoms with E-state index in [2.05, 4.69) is 22.6 Å². The first kappa shape index (κ1) is 21.9. The maximum Gasteiger partial charge on any atom is 0.166 e. The lowest BCUT2D eigenvalue weighted by molar-refractivity contribution is 0.0957. The Morgan fingerprint density at radius 2 is 1.39 bits per heavy atom. The number of hydrogen-bond acceptors (Lipinski definition) is 3. The summed E-state index contributed by atoms with van der Waals surface area (Å²) in [5.41, 5.74) is 2.84. The van der Waals surface area contributed by atoms with Crippen LogP contribution >= 0.6 is 22.6 Å². The lowest BCUT2D eigenvalue weighted by atomic mass is 9.96. The molecule has 0 spiro atoms. The summed E-state index contributed by atoms with van der Waals surface area (Å²) in [4.78, 5) is 13.2. The van der Waals surface area contributed by atoms with Gasteiger partial charge < -0.3 is 9.47 Å². The highest BCUT2D eigenvalue weighted by molar-refractivity contribution is 14.1. The fourth-order valence-corrected chi connectivity index (χ4v) is 4.84. The van der Waals surface area contributed by atoms with E-state index in [0.717, 1.165) is 33.3 Å². The van der Waals surface area contributed by atoms with Gasteiger partial charge in [0, 0.05) is 6.42 Å². The van der Waals surface area contributed by atoms with Crippen LogP contribution in [0.5, 0.6) is 11.5 Å². The van der Waals surface area contributed by atoms with Crippen molar-refractivity contribution in [2.75, 3.05) is 0 Å². The lowest BCUT2D eigenvalue weighted by Gasteiger charge is -2.17. The summed E-state index contributed by atoms with van der Waals surface area (Å²) in [6.07, 6.45) is 5.38. The fourth-order valence-electron chi connectivity index (χ4n) is 4.06. The predicted octanol–water partition coefficient (Wildman–Crippen LogP) is 7.21. The topological polar surface area (TPSA) is 35.5 Å². The van der Waals surface area contributed by atoms with Gasteiger partial charge >= 0.3 is 0 Å². The Balaban J connectivity index is 1.56. The normalized spacial score (nSPS) is 13.8. The van der Waals surface area contributed by atoms with Crippen LogP contribution in [0.1, 0.15) is 53.6 Å². The molecule has 31 heavy (non-hydrogen) atoms. The minimum atomic E-state index is 0.169. The zero-order valence-corrected chi connectivity index (χ0v) is 19.7. The van der Waals surface area contributed by atoms with Gasteiger partial charge in [-0.25, -0.2) is 0 Å². The zero-order chi connectivity index (χ0) is 21.5. The number of rotatable bonds is 9. The second kappa shape index (κ2) is 10.8. The molecule has 0 heterocycles. The van der Waals surface area contributed by atoms with Crippen LogP contribution in [-0.2, 0) is 13.2 Å². The Hall–Kier alpha value is -2.34. The summed E-state index contributed by atoms with van der Waals surface area (Å²) in [7, 11) is 0. The first-order valence-corrected chi connectivity index (χ1v) is 12.0. The van der Waals surface area contributed by atoms with Crippen LogP contribution < -0.4 is 9.47 Å². The predicted molar refractivity (Wildman–Crippen MR) is 132 cm³/mol. The maximum absolute atomic E-state index is 13.2. The second-order valence-electron chi connectivity index (χ2n) is 8.08. The molecule has 160 valence electrons. The SMILES string of the molecule is O=C(CC1CCCC1)c1ccc(OCc2ccccc2)c(I)c1OCc1ccccc1. The summed E-state index contributed by atoms with van der Waals surface area (Å²) < 4.78 is 13.2. The first-order chi connectivity index (χ1) is 15.2. The van der Waals surface area contributed by atoms with Gasteiger partial charge in [-0.2, -0.15) is 0 Å². The van der Waals surface area contributed by atoms with Crippen molar-refractivity contribution in [3.63, 3.8) is 0 Å². The van der Waals surface area contributed by atoms with E-state index in [1.54, 1.807) is 0 Å². The smallest absolute Gasteiger partial charge is 0.166 e. The molecule has 3 nitrogen and oxygen atoms in total. The molecule has 1 fully saturated rings. The molecule has 1 saturated carbocycles. The molecule has 0 amide bonds. The summed E-state index contributed by atoms with van der Waals surface area (Å²) in [5.74, 6) is 2.05. The number of carbonyl (C=O) groups is 1. The molecule has 0 saturated heterocycles. The van der Waals surface area contributed by atoms with Crippen LogP contribution in [0.3, 0.4) is 0 Å². The average Bonchev–Trinajstić information content (AvgIpc) is 3.31. The number of benzene rings is 3. The minimum Gasteiger partial charge on any atom is -0.488 e. The Kier molecular flexibility index (Phi) is 7.62. The van der Waals surface area contributed by atoms with Crippen molar-refractivity contribution in [1.82, 2.24) is 0 Å². The quantitative estimate of drug-likeness (QED) is 0.218. The van der Waals surface area contributed by atoms with E-state index in [9.17, 15) is 4.79 Å². The number of ketones is 1. The molecule has 0 atom stereocenters. The van der Waals surface area contributed by atoms with Gasteiger partial charge in [0.1, 0.15) is 24.7 Å². The Morgan fingerprint density at radius 3 is 2.00 bits per heavy atom. The van der Waals surface area contributed by atoms with E-state index >= 15 is 0 Å². The number of carbonyl (C=O) groups excluding carboxylic acids is 1. The van der Waals surface area contributed by atoms with Gasteiger partial charge in [-0.3, -0.25) is 4.79 Å². The highest BCUT2D eigenvalue weighted by Gasteiger charge is 2.24. The number of Topliss-reactive ketones (excluding diaryl/α,β-unsaturated/α-hetero) is 1. The van der Waals surface area contributed by atoms with Crippen molar-refractivity contribution in [2.45, 2.75) is 45.3 Å². The molecule has 1 aliphatic rings. The van der Waals surface area contributed by atoms with E-state index < -0.39 is 0 Å². The van der Waals surface area contributed by atoms with Gasteiger partial charge in [0.15, 0.2) is 5.78 Å². The van der Waals surface area contributed by atoms with Crippen LogP contribution in [0.4, 0.5) is 0 Å². The van der Waals surface area contributed by atoms with E-state index in [4.69, 9.17) is 9.47 Å². The van der Waals surface area contributed by atoms with Gasteiger partial charge in [-0.15, -0.1) is 0 Å². The van der Waals surface area contributed by atoms with Crippen LogP contribution in [0.2, 0.25) is 0 Å². The Bertz CT molecular complexity index is 996. The lowest BCUT2D eigenvalue weighted by Crippen LogP contribution is -2.10. The Labute approximate surface area is 197 Å². The fraction of sp³-hybridized carbons (Fsp3) is 0.296. The van der Waals surface area contributed by atoms with Gasteiger partial charge in [0.05, 0.1) is 9.13 Å². The minimum absolute atomic E-state index is 0.169. The van der Waals surface area contributed by atoms with Crippen molar-refractivity contribution in [3.05, 3.63) is 93.1 Å². The van der Waals surface area contributed by atoms with E-state index in [0.29, 0.717) is 36.9 Å². The van der Waals surface area contributed by atoms with Crippen molar-refractivity contribution in [3.8, 4) is 11.5 Å². The third-order valence-electron chi connectivity index (χ3n) is 5.77. The third kappa shape index (κ3) is 5.88. The van der Waals surface area contributed by atoms with Crippen LogP contribution in [0, 0.1) is 9.49 Å². The van der Waals surface area contributed by atoms with E-state index in [-0.39, 0.29) is 5.78 Å². The molecular weight excluding hydrogens is 499 g/mol. The van der Waals surface area contributed by atoms with Gasteiger partial charge in [-0.05, 0) is 51.8 Å². The molecule has 4 heteroatoms. The summed E-state index contributed by atoms with van der Waals surface area (Å²) in [6, 6.07) is 23.9.